The van der Waals surface area contributed by atoms with Crippen molar-refractivity contribution in [3.8, 4) is 0 Å². The number of nitrogens with zero attached hydrogens (tertiary/aromatic N) is 1. The molecule has 8 nitrogen and oxygen atoms in total. The monoisotopic (exact) mass is 523 g/mol. The number of aliphatic hydroxyl groups excluding tert-OH is 1. The van der Waals surface area contributed by atoms with E-state index in [1.807, 2.05) is 91.0 Å². The summed E-state index contributed by atoms with van der Waals surface area (Å²) in [6, 6.07) is 26.6. The van der Waals surface area contributed by atoms with Gasteiger partial charge in [-0.3, -0.25) is 14.6 Å². The zero-order valence-electron chi connectivity index (χ0n) is 20.5. The molecule has 0 aromatic heterocycles. The van der Waals surface area contributed by atoms with Crippen LogP contribution in [0.5, 0.6) is 0 Å². The maximum atomic E-state index is 13.6. The van der Waals surface area contributed by atoms with E-state index in [1.165, 1.54) is 0 Å². The fourth-order valence-corrected chi connectivity index (χ4v) is 4.01. The van der Waals surface area contributed by atoms with Crippen LogP contribution in [0.15, 0.2) is 96.0 Å². The number of nitrogens with one attached hydrogen (secondary N) is 2. The number of carbonyl (C=O) groups is 2. The van der Waals surface area contributed by atoms with Crippen LogP contribution in [-0.4, -0.2) is 42.1 Å². The van der Waals surface area contributed by atoms with Crippen molar-refractivity contribution in [2.45, 2.75) is 30.8 Å². The summed E-state index contributed by atoms with van der Waals surface area (Å²) in [4.78, 5) is 30.9. The predicted molar refractivity (Wildman–Crippen MR) is 148 cm³/mol. The SMILES string of the molecule is Cl.NC(N)=NCCC[C@H](NC(=O)C(c1ccccc1)c1ccccc1)C(=O)N[C@@H](CO)c1ccccc1. The van der Waals surface area contributed by atoms with Gasteiger partial charge in [0.25, 0.3) is 0 Å². The minimum Gasteiger partial charge on any atom is -0.394 e. The van der Waals surface area contributed by atoms with Crippen LogP contribution in [0.4, 0.5) is 0 Å². The number of halogens is 1. The number of hydrogen-bond acceptors (Lipinski definition) is 4. The molecule has 0 spiro atoms. The Morgan fingerprint density at radius 2 is 1.24 bits per heavy atom. The number of rotatable bonds is 12. The van der Waals surface area contributed by atoms with Crippen LogP contribution in [0.3, 0.4) is 0 Å². The lowest BCUT2D eigenvalue weighted by molar-refractivity contribution is -0.130. The first-order valence-electron chi connectivity index (χ1n) is 11.9. The zero-order chi connectivity index (χ0) is 25.8. The molecule has 0 fully saturated rings. The van der Waals surface area contributed by atoms with Crippen LogP contribution < -0.4 is 22.1 Å². The maximum Gasteiger partial charge on any atom is 0.243 e. The first-order valence-corrected chi connectivity index (χ1v) is 11.9. The van der Waals surface area contributed by atoms with Crippen LogP contribution in [-0.2, 0) is 9.59 Å². The lowest BCUT2D eigenvalue weighted by atomic mass is 9.90. The van der Waals surface area contributed by atoms with Crippen LogP contribution in [0.25, 0.3) is 0 Å². The molecule has 2 amide bonds. The summed E-state index contributed by atoms with van der Waals surface area (Å²) in [6.45, 7) is 0.0476. The molecule has 9 heteroatoms. The molecule has 0 aliphatic heterocycles. The van der Waals surface area contributed by atoms with E-state index in [-0.39, 0.29) is 30.9 Å². The van der Waals surface area contributed by atoms with Crippen LogP contribution in [0.2, 0.25) is 0 Å². The number of amides is 2. The van der Waals surface area contributed by atoms with E-state index < -0.39 is 23.9 Å². The lowest BCUT2D eigenvalue weighted by Crippen LogP contribution is -2.49. The molecule has 0 aliphatic rings. The Balaban J connectivity index is 0.00000481. The van der Waals surface area contributed by atoms with Crippen molar-refractivity contribution in [3.63, 3.8) is 0 Å². The highest BCUT2D eigenvalue weighted by molar-refractivity contribution is 5.92. The van der Waals surface area contributed by atoms with E-state index in [4.69, 9.17) is 11.5 Å². The average molecular weight is 524 g/mol. The summed E-state index contributed by atoms with van der Waals surface area (Å²) in [6.07, 6.45) is 0.796. The molecule has 0 unspecified atom stereocenters. The third kappa shape index (κ3) is 8.93. The van der Waals surface area contributed by atoms with Gasteiger partial charge in [0.15, 0.2) is 5.96 Å². The van der Waals surface area contributed by atoms with Gasteiger partial charge in [-0.25, -0.2) is 0 Å². The van der Waals surface area contributed by atoms with Crippen molar-refractivity contribution in [2.24, 2.45) is 16.5 Å². The fourth-order valence-electron chi connectivity index (χ4n) is 4.01. The van der Waals surface area contributed by atoms with E-state index in [9.17, 15) is 14.7 Å². The smallest absolute Gasteiger partial charge is 0.243 e. The molecule has 0 saturated carbocycles. The van der Waals surface area contributed by atoms with Gasteiger partial charge >= 0.3 is 0 Å². The topological polar surface area (TPSA) is 143 Å². The second-order valence-corrected chi connectivity index (χ2v) is 8.42. The predicted octanol–water partition coefficient (Wildman–Crippen LogP) is 2.63. The van der Waals surface area contributed by atoms with E-state index in [0.29, 0.717) is 19.4 Å². The Bertz CT molecular complexity index is 1090. The van der Waals surface area contributed by atoms with Gasteiger partial charge in [0.05, 0.1) is 18.6 Å². The van der Waals surface area contributed by atoms with Crippen molar-refractivity contribution in [1.29, 1.82) is 0 Å². The molecule has 37 heavy (non-hydrogen) atoms. The summed E-state index contributed by atoms with van der Waals surface area (Å²) < 4.78 is 0. The molecule has 7 N–H and O–H groups in total. The normalized spacial score (nSPS) is 12.1. The number of carbonyl (C=O) groups excluding carboxylic acids is 2. The van der Waals surface area contributed by atoms with Crippen molar-refractivity contribution >= 4 is 30.2 Å². The number of guanidine groups is 1. The summed E-state index contributed by atoms with van der Waals surface area (Å²) in [5.41, 5.74) is 13.2. The summed E-state index contributed by atoms with van der Waals surface area (Å²) >= 11 is 0. The molecule has 196 valence electrons. The first-order chi connectivity index (χ1) is 17.5. The number of aliphatic hydroxyl groups is 1. The van der Waals surface area contributed by atoms with Crippen LogP contribution in [0.1, 0.15) is 41.5 Å². The Hall–Kier alpha value is -3.88. The molecular weight excluding hydrogens is 490 g/mol. The standard InChI is InChI=1S/C28H33N5O3.ClH/c29-28(30)31-18-10-17-23(26(35)33-24(19-34)20-11-4-1-5-12-20)32-27(36)25(21-13-6-2-7-14-21)22-15-8-3-9-16-22;/h1-9,11-16,23-25,34H,10,17-19H2,(H,32,36)(H,33,35)(H4,29,30,31);1H/t23-,24-;/m0./s1. The number of benzene rings is 3. The third-order valence-corrected chi connectivity index (χ3v) is 5.81. The van der Waals surface area contributed by atoms with Gasteiger partial charge in [0, 0.05) is 6.54 Å². The van der Waals surface area contributed by atoms with Crippen LogP contribution >= 0.6 is 12.4 Å². The molecule has 0 saturated heterocycles. The molecule has 3 aromatic rings. The van der Waals surface area contributed by atoms with Gasteiger partial charge in [0.1, 0.15) is 6.04 Å². The van der Waals surface area contributed by atoms with Gasteiger partial charge in [-0.2, -0.15) is 0 Å². The average Bonchev–Trinajstić information content (AvgIpc) is 2.90. The highest BCUT2D eigenvalue weighted by Gasteiger charge is 2.28. The molecule has 2 atom stereocenters. The Morgan fingerprint density at radius 1 is 0.757 bits per heavy atom. The van der Waals surface area contributed by atoms with Crippen LogP contribution in [0, 0.1) is 0 Å². The Morgan fingerprint density at radius 3 is 1.70 bits per heavy atom. The molecular formula is C28H34ClN5O3. The lowest BCUT2D eigenvalue weighted by Gasteiger charge is -2.25. The Kier molecular flexibility index (Phi) is 12.1. The van der Waals surface area contributed by atoms with Crippen molar-refractivity contribution in [1.82, 2.24) is 10.6 Å². The van der Waals surface area contributed by atoms with E-state index in [1.54, 1.807) is 0 Å². The minimum atomic E-state index is -0.848. The fraction of sp³-hybridized carbons (Fsp3) is 0.250. The van der Waals surface area contributed by atoms with Crippen molar-refractivity contribution in [3.05, 3.63) is 108 Å². The van der Waals surface area contributed by atoms with Gasteiger partial charge < -0.3 is 27.2 Å². The molecule has 3 aromatic carbocycles. The first kappa shape index (κ1) is 29.4. The highest BCUT2D eigenvalue weighted by Crippen LogP contribution is 2.25. The van der Waals surface area contributed by atoms with Gasteiger partial charge in [-0.15, -0.1) is 12.4 Å². The molecule has 0 bridgehead atoms. The minimum absolute atomic E-state index is 0. The largest absolute Gasteiger partial charge is 0.394 e. The summed E-state index contributed by atoms with van der Waals surface area (Å²) in [5, 5.41) is 15.7. The molecule has 0 radical (unpaired) electrons. The highest BCUT2D eigenvalue weighted by atomic mass is 35.5. The van der Waals surface area contributed by atoms with Gasteiger partial charge in [-0.05, 0) is 29.5 Å². The van der Waals surface area contributed by atoms with Crippen molar-refractivity contribution in [2.75, 3.05) is 13.2 Å². The van der Waals surface area contributed by atoms with E-state index in [2.05, 4.69) is 15.6 Å². The molecule has 3 rings (SSSR count). The van der Waals surface area contributed by atoms with Crippen molar-refractivity contribution < 1.29 is 14.7 Å². The van der Waals surface area contributed by atoms with Gasteiger partial charge in [0.2, 0.25) is 11.8 Å². The number of nitrogens with two attached hydrogens (primary N) is 2. The zero-order valence-corrected chi connectivity index (χ0v) is 21.3. The van der Waals surface area contributed by atoms with Gasteiger partial charge in [-0.1, -0.05) is 91.0 Å². The number of aliphatic imine (C=N–C) groups is 1. The number of hydrogen-bond donors (Lipinski definition) is 5. The second-order valence-electron chi connectivity index (χ2n) is 8.42. The van der Waals surface area contributed by atoms with E-state index >= 15 is 0 Å². The Labute approximate surface area is 223 Å². The maximum absolute atomic E-state index is 13.6. The molecule has 0 heterocycles. The second kappa shape index (κ2) is 15.3. The molecule has 0 aliphatic carbocycles. The summed E-state index contributed by atoms with van der Waals surface area (Å²) in [7, 11) is 0. The third-order valence-electron chi connectivity index (χ3n) is 5.81. The quantitative estimate of drug-likeness (QED) is 0.141. The summed E-state index contributed by atoms with van der Waals surface area (Å²) in [5.74, 6) is -1.31. The van der Waals surface area contributed by atoms with E-state index in [0.717, 1.165) is 16.7 Å².